The minimum absolute atomic E-state index is 0.110. The van der Waals surface area contributed by atoms with E-state index in [2.05, 4.69) is 20.9 Å². The second-order valence-electron chi connectivity index (χ2n) is 3.84. The number of ether oxygens (including phenoxy) is 1. The number of aromatic carboxylic acids is 1. The average molecular weight is 366 g/mol. The van der Waals surface area contributed by atoms with E-state index in [0.717, 1.165) is 0 Å². The zero-order chi connectivity index (χ0) is 15.8. The Morgan fingerprint density at radius 2 is 2.10 bits per heavy atom. The number of carboxylic acid groups (broad SMARTS) is 1. The number of rotatable bonds is 3. The van der Waals surface area contributed by atoms with Crippen LogP contribution in [0.5, 0.6) is 5.75 Å². The molecule has 1 N–H and O–H groups in total. The smallest absolute Gasteiger partial charge is 0.437 e. The largest absolute Gasteiger partial charge is 0.496 e. The summed E-state index contributed by atoms with van der Waals surface area (Å²) in [6.07, 6.45) is -4.93. The summed E-state index contributed by atoms with van der Waals surface area (Å²) in [5.74, 6) is -3.40. The van der Waals surface area contributed by atoms with Gasteiger partial charge in [-0.1, -0.05) is 15.9 Å². The molecule has 0 radical (unpaired) electrons. The molecule has 0 atom stereocenters. The molecule has 1 heterocycles. The standard InChI is InChI=1S/C12H7BrF3NO4/c1-20-7-4-5(13)2-3-6(7)10-17-9(12(14,15)16)8(21-10)11(18)19/h2-4H,1H3,(H,18,19). The van der Waals surface area contributed by atoms with Crippen molar-refractivity contribution in [3.05, 3.63) is 34.1 Å². The summed E-state index contributed by atoms with van der Waals surface area (Å²) in [6, 6.07) is 4.43. The highest BCUT2D eigenvalue weighted by atomic mass is 79.9. The van der Waals surface area contributed by atoms with Crippen LogP contribution in [0.15, 0.2) is 27.1 Å². The van der Waals surface area contributed by atoms with Gasteiger partial charge in [-0.25, -0.2) is 9.78 Å². The van der Waals surface area contributed by atoms with E-state index in [1.165, 1.54) is 25.3 Å². The first-order valence-corrected chi connectivity index (χ1v) is 6.18. The van der Waals surface area contributed by atoms with Gasteiger partial charge in [0.1, 0.15) is 5.75 Å². The van der Waals surface area contributed by atoms with Crippen LogP contribution in [0.25, 0.3) is 11.5 Å². The first-order chi connectivity index (χ1) is 9.74. The topological polar surface area (TPSA) is 72.6 Å². The molecule has 0 unspecified atom stereocenters. The van der Waals surface area contributed by atoms with Crippen molar-refractivity contribution in [3.8, 4) is 17.2 Å². The molecular formula is C12H7BrF3NO4. The van der Waals surface area contributed by atoms with Crippen LogP contribution >= 0.6 is 15.9 Å². The normalized spacial score (nSPS) is 11.5. The summed E-state index contributed by atoms with van der Waals surface area (Å²) in [7, 11) is 1.32. The number of carbonyl (C=O) groups is 1. The zero-order valence-electron chi connectivity index (χ0n) is 10.4. The number of methoxy groups -OCH3 is 1. The Balaban J connectivity index is 2.64. The number of aromatic nitrogens is 1. The van der Waals surface area contributed by atoms with E-state index < -0.39 is 29.5 Å². The van der Waals surface area contributed by atoms with Gasteiger partial charge in [0.25, 0.3) is 0 Å². The van der Waals surface area contributed by atoms with Gasteiger partial charge in [-0.15, -0.1) is 0 Å². The van der Waals surface area contributed by atoms with E-state index in [9.17, 15) is 18.0 Å². The Morgan fingerprint density at radius 1 is 1.43 bits per heavy atom. The Labute approximate surface area is 124 Å². The molecule has 0 bridgehead atoms. The monoisotopic (exact) mass is 365 g/mol. The number of nitrogens with zero attached hydrogens (tertiary/aromatic N) is 1. The molecule has 1 aromatic heterocycles. The molecule has 0 saturated carbocycles. The summed E-state index contributed by atoms with van der Waals surface area (Å²) in [5, 5.41) is 8.79. The van der Waals surface area contributed by atoms with Crippen molar-refractivity contribution in [1.82, 2.24) is 4.98 Å². The number of halogens is 4. The average Bonchev–Trinajstić information content (AvgIpc) is 2.83. The van der Waals surface area contributed by atoms with Crippen molar-refractivity contribution in [1.29, 1.82) is 0 Å². The SMILES string of the molecule is COc1cc(Br)ccc1-c1nc(C(F)(F)F)c(C(=O)O)o1. The number of hydrogen-bond donors (Lipinski definition) is 1. The van der Waals surface area contributed by atoms with E-state index in [1.807, 2.05) is 0 Å². The fraction of sp³-hybridized carbons (Fsp3) is 0.167. The van der Waals surface area contributed by atoms with E-state index in [1.54, 1.807) is 0 Å². The molecule has 0 amide bonds. The van der Waals surface area contributed by atoms with Crippen molar-refractivity contribution in [2.24, 2.45) is 0 Å². The second-order valence-corrected chi connectivity index (χ2v) is 4.76. The Bertz CT molecular complexity index is 696. The molecule has 0 aliphatic heterocycles. The highest BCUT2D eigenvalue weighted by molar-refractivity contribution is 9.10. The lowest BCUT2D eigenvalue weighted by molar-refractivity contribution is -0.141. The summed E-state index contributed by atoms with van der Waals surface area (Å²) in [4.78, 5) is 14.1. The van der Waals surface area contributed by atoms with Crippen molar-refractivity contribution in [2.75, 3.05) is 7.11 Å². The third kappa shape index (κ3) is 3.02. The first-order valence-electron chi connectivity index (χ1n) is 5.39. The molecule has 0 spiro atoms. The van der Waals surface area contributed by atoms with Crippen LogP contribution in [-0.4, -0.2) is 23.2 Å². The molecule has 2 rings (SSSR count). The van der Waals surface area contributed by atoms with Gasteiger partial charge < -0.3 is 14.3 Å². The van der Waals surface area contributed by atoms with E-state index >= 15 is 0 Å². The van der Waals surface area contributed by atoms with E-state index in [4.69, 9.17) is 14.3 Å². The van der Waals surface area contributed by atoms with Crippen LogP contribution in [0, 0.1) is 0 Å². The summed E-state index contributed by atoms with van der Waals surface area (Å²) in [5.41, 5.74) is -1.48. The van der Waals surface area contributed by atoms with Crippen LogP contribution in [0.4, 0.5) is 13.2 Å². The van der Waals surface area contributed by atoms with Crippen molar-refractivity contribution in [2.45, 2.75) is 6.18 Å². The lowest BCUT2D eigenvalue weighted by Crippen LogP contribution is -2.11. The maximum atomic E-state index is 12.8. The van der Waals surface area contributed by atoms with Crippen LogP contribution in [0.3, 0.4) is 0 Å². The molecule has 2 aromatic rings. The molecular weight excluding hydrogens is 359 g/mol. The van der Waals surface area contributed by atoms with Crippen molar-refractivity contribution < 1.29 is 32.2 Å². The van der Waals surface area contributed by atoms with Gasteiger partial charge in [-0.2, -0.15) is 13.2 Å². The molecule has 1 aromatic carbocycles. The number of hydrogen-bond acceptors (Lipinski definition) is 4. The molecule has 0 fully saturated rings. The Kier molecular flexibility index (Phi) is 3.95. The molecule has 0 saturated heterocycles. The number of carboxylic acids is 1. The lowest BCUT2D eigenvalue weighted by atomic mass is 10.2. The van der Waals surface area contributed by atoms with Crippen molar-refractivity contribution in [3.63, 3.8) is 0 Å². The zero-order valence-corrected chi connectivity index (χ0v) is 11.9. The van der Waals surface area contributed by atoms with Crippen LogP contribution in [-0.2, 0) is 6.18 Å². The first kappa shape index (κ1) is 15.4. The van der Waals surface area contributed by atoms with Crippen LogP contribution in [0.2, 0.25) is 0 Å². The minimum atomic E-state index is -4.93. The van der Waals surface area contributed by atoms with Gasteiger partial charge >= 0.3 is 12.1 Å². The van der Waals surface area contributed by atoms with Crippen LogP contribution < -0.4 is 4.74 Å². The summed E-state index contributed by atoms with van der Waals surface area (Å²) in [6.45, 7) is 0. The summed E-state index contributed by atoms with van der Waals surface area (Å²) < 4.78 is 48.7. The quantitative estimate of drug-likeness (QED) is 0.894. The molecule has 0 aliphatic rings. The number of alkyl halides is 3. The maximum absolute atomic E-state index is 12.8. The molecule has 9 heteroatoms. The van der Waals surface area contributed by atoms with Gasteiger partial charge in [0.05, 0.1) is 12.7 Å². The van der Waals surface area contributed by atoms with E-state index in [-0.39, 0.29) is 11.3 Å². The maximum Gasteiger partial charge on any atom is 0.437 e. The predicted molar refractivity (Wildman–Crippen MR) is 68.2 cm³/mol. The second kappa shape index (κ2) is 5.40. The van der Waals surface area contributed by atoms with Crippen LogP contribution in [0.1, 0.15) is 16.2 Å². The fourth-order valence-corrected chi connectivity index (χ4v) is 1.95. The Hall–Kier alpha value is -2.03. The highest BCUT2D eigenvalue weighted by Gasteiger charge is 2.41. The van der Waals surface area contributed by atoms with Gasteiger partial charge in [0.2, 0.25) is 11.7 Å². The fourth-order valence-electron chi connectivity index (χ4n) is 1.61. The van der Waals surface area contributed by atoms with Gasteiger partial charge in [0.15, 0.2) is 5.69 Å². The third-order valence-electron chi connectivity index (χ3n) is 2.48. The minimum Gasteiger partial charge on any atom is -0.496 e. The lowest BCUT2D eigenvalue weighted by Gasteiger charge is -2.05. The molecule has 21 heavy (non-hydrogen) atoms. The number of oxazole rings is 1. The molecule has 5 nitrogen and oxygen atoms in total. The molecule has 112 valence electrons. The van der Waals surface area contributed by atoms with Gasteiger partial charge in [0, 0.05) is 4.47 Å². The van der Waals surface area contributed by atoms with Gasteiger partial charge in [-0.05, 0) is 18.2 Å². The van der Waals surface area contributed by atoms with Crippen molar-refractivity contribution >= 4 is 21.9 Å². The Morgan fingerprint density at radius 3 is 2.57 bits per heavy atom. The summed E-state index contributed by atoms with van der Waals surface area (Å²) >= 11 is 3.18. The highest BCUT2D eigenvalue weighted by Crippen LogP contribution is 2.37. The predicted octanol–water partition coefficient (Wildman–Crippen LogP) is 3.83. The van der Waals surface area contributed by atoms with E-state index in [0.29, 0.717) is 4.47 Å². The molecule has 0 aliphatic carbocycles. The number of benzene rings is 1. The van der Waals surface area contributed by atoms with Gasteiger partial charge in [-0.3, -0.25) is 0 Å². The third-order valence-corrected chi connectivity index (χ3v) is 2.98.